The van der Waals surface area contributed by atoms with E-state index in [2.05, 4.69) is 5.32 Å². The molecule has 1 saturated carbocycles. The average molecular weight is 303 g/mol. The molecule has 5 heteroatoms. The van der Waals surface area contributed by atoms with Crippen molar-refractivity contribution in [3.05, 3.63) is 28.8 Å². The number of benzene rings is 1. The lowest BCUT2D eigenvalue weighted by molar-refractivity contribution is -0.140. The van der Waals surface area contributed by atoms with Crippen molar-refractivity contribution in [2.45, 2.75) is 33.7 Å². The number of carboxylic acid groups (broad SMARTS) is 1. The average Bonchev–Trinajstić information content (AvgIpc) is 2.81. The Morgan fingerprint density at radius 2 is 1.95 bits per heavy atom. The molecule has 0 aromatic heterocycles. The maximum Gasteiger partial charge on any atom is 0.307 e. The van der Waals surface area contributed by atoms with Crippen molar-refractivity contribution in [2.24, 2.45) is 17.3 Å². The van der Waals surface area contributed by atoms with Crippen LogP contribution in [-0.4, -0.2) is 23.6 Å². The molecular formula is C17H21NO4. The zero-order chi connectivity index (χ0) is 16.2. The van der Waals surface area contributed by atoms with Gasteiger partial charge in [-0.3, -0.25) is 9.59 Å². The van der Waals surface area contributed by atoms with Crippen LogP contribution in [0.25, 0.3) is 0 Å². The number of nitrogens with one attached hydrogen (secondary N) is 1. The van der Waals surface area contributed by atoms with Crippen LogP contribution >= 0.6 is 0 Å². The van der Waals surface area contributed by atoms with E-state index in [1.807, 2.05) is 39.8 Å². The normalized spacial score (nSPS) is 27.7. The molecule has 0 saturated heterocycles. The van der Waals surface area contributed by atoms with E-state index in [0.29, 0.717) is 6.61 Å². The molecule has 1 heterocycles. The van der Waals surface area contributed by atoms with Gasteiger partial charge in [0.05, 0.1) is 17.9 Å². The molecule has 22 heavy (non-hydrogen) atoms. The molecule has 1 aromatic rings. The second-order valence-corrected chi connectivity index (χ2v) is 6.91. The van der Waals surface area contributed by atoms with Crippen LogP contribution in [0.2, 0.25) is 0 Å². The molecule has 5 nitrogen and oxygen atoms in total. The highest BCUT2D eigenvalue weighted by Crippen LogP contribution is 2.58. The van der Waals surface area contributed by atoms with Gasteiger partial charge in [0.2, 0.25) is 5.91 Å². The molecule has 2 N–H and O–H groups in total. The number of carboxylic acids is 1. The smallest absolute Gasteiger partial charge is 0.307 e. The number of carbonyl (C=O) groups excluding carboxylic acids is 1. The Labute approximate surface area is 129 Å². The number of amides is 1. The van der Waals surface area contributed by atoms with Crippen molar-refractivity contribution >= 4 is 11.9 Å². The molecule has 0 bridgehead atoms. The topological polar surface area (TPSA) is 75.6 Å². The highest BCUT2D eigenvalue weighted by Gasteiger charge is 2.66. The third-order valence-electron chi connectivity index (χ3n) is 5.17. The van der Waals surface area contributed by atoms with Crippen LogP contribution in [0, 0.1) is 31.1 Å². The lowest BCUT2D eigenvalue weighted by Crippen LogP contribution is -2.32. The third-order valence-corrected chi connectivity index (χ3v) is 5.17. The minimum atomic E-state index is -0.903. The summed E-state index contributed by atoms with van der Waals surface area (Å²) in [7, 11) is 0. The molecule has 1 aliphatic heterocycles. The van der Waals surface area contributed by atoms with Crippen LogP contribution in [0.5, 0.6) is 5.75 Å². The molecule has 1 amide bonds. The summed E-state index contributed by atoms with van der Waals surface area (Å²) in [6.45, 7) is 8.07. The van der Waals surface area contributed by atoms with E-state index >= 15 is 0 Å². The van der Waals surface area contributed by atoms with Crippen LogP contribution in [0.15, 0.2) is 12.1 Å². The number of rotatable bonds is 3. The zero-order valence-electron chi connectivity index (χ0n) is 13.3. The van der Waals surface area contributed by atoms with Crippen LogP contribution < -0.4 is 10.1 Å². The van der Waals surface area contributed by atoms with E-state index < -0.39 is 23.2 Å². The molecule has 1 aliphatic carbocycles. The molecule has 2 aliphatic rings. The minimum Gasteiger partial charge on any atom is -0.490 e. The quantitative estimate of drug-likeness (QED) is 0.897. The molecule has 3 rings (SSSR count). The number of ether oxygens (including phenoxy) is 1. The van der Waals surface area contributed by atoms with Crippen molar-refractivity contribution in [1.29, 1.82) is 0 Å². The Balaban J connectivity index is 1.76. The summed E-state index contributed by atoms with van der Waals surface area (Å²) in [6.07, 6.45) is 0. The van der Waals surface area contributed by atoms with Gasteiger partial charge in [0.25, 0.3) is 0 Å². The number of aryl methyl sites for hydroxylation is 1. The van der Waals surface area contributed by atoms with E-state index in [4.69, 9.17) is 4.74 Å². The predicted molar refractivity (Wildman–Crippen MR) is 80.7 cm³/mol. The van der Waals surface area contributed by atoms with Crippen LogP contribution in [0.1, 0.15) is 36.6 Å². The maximum atomic E-state index is 12.4. The monoisotopic (exact) mass is 303 g/mol. The fourth-order valence-electron chi connectivity index (χ4n) is 3.50. The van der Waals surface area contributed by atoms with E-state index in [1.54, 1.807) is 0 Å². The summed E-state index contributed by atoms with van der Waals surface area (Å²) in [5.74, 6) is -1.33. The SMILES string of the molecule is Cc1ccc2c(c1C)OCC2NC(=O)[C@@H]1[C@H](C(=O)O)C1(C)C. The standard InChI is InChI=1S/C17H21NO4/c1-8-5-6-10-11(7-22-14(10)9(8)2)18-15(19)12-13(16(20)21)17(12,3)4/h5-6,11-13H,7H2,1-4H3,(H,18,19)(H,20,21)/t11?,12-,13+/m0/s1. The first-order valence-electron chi connectivity index (χ1n) is 7.51. The summed E-state index contributed by atoms with van der Waals surface area (Å²) in [6, 6.07) is 3.79. The summed E-state index contributed by atoms with van der Waals surface area (Å²) in [4.78, 5) is 23.6. The molecular weight excluding hydrogens is 282 g/mol. The van der Waals surface area contributed by atoms with Crippen LogP contribution in [-0.2, 0) is 9.59 Å². The largest absolute Gasteiger partial charge is 0.490 e. The number of aliphatic carboxylic acids is 1. The molecule has 0 radical (unpaired) electrons. The van der Waals surface area contributed by atoms with Gasteiger partial charge >= 0.3 is 5.97 Å². The number of carbonyl (C=O) groups is 2. The maximum absolute atomic E-state index is 12.4. The Kier molecular flexibility index (Phi) is 3.20. The van der Waals surface area contributed by atoms with E-state index in [9.17, 15) is 14.7 Å². The van der Waals surface area contributed by atoms with Crippen LogP contribution in [0.3, 0.4) is 0 Å². The van der Waals surface area contributed by atoms with Gasteiger partial charge in [0, 0.05) is 5.56 Å². The number of hydrogen-bond donors (Lipinski definition) is 2. The first-order chi connectivity index (χ1) is 10.2. The van der Waals surface area contributed by atoms with Gasteiger partial charge in [-0.15, -0.1) is 0 Å². The summed E-state index contributed by atoms with van der Waals surface area (Å²) in [5, 5.41) is 12.1. The fraction of sp³-hybridized carbons (Fsp3) is 0.529. The summed E-state index contributed by atoms with van der Waals surface area (Å²) < 4.78 is 5.72. The lowest BCUT2D eigenvalue weighted by Gasteiger charge is -2.13. The van der Waals surface area contributed by atoms with E-state index in [0.717, 1.165) is 22.4 Å². The van der Waals surface area contributed by atoms with Gasteiger partial charge in [-0.1, -0.05) is 26.0 Å². The molecule has 1 aromatic carbocycles. The first-order valence-corrected chi connectivity index (χ1v) is 7.51. The lowest BCUT2D eigenvalue weighted by atomic mass is 10.0. The highest BCUT2D eigenvalue weighted by molar-refractivity contribution is 5.92. The van der Waals surface area contributed by atoms with E-state index in [1.165, 1.54) is 0 Å². The van der Waals surface area contributed by atoms with Gasteiger partial charge in [0.1, 0.15) is 12.4 Å². The summed E-state index contributed by atoms with van der Waals surface area (Å²) >= 11 is 0. The molecule has 0 spiro atoms. The Hall–Kier alpha value is -2.04. The van der Waals surface area contributed by atoms with Crippen molar-refractivity contribution in [1.82, 2.24) is 5.32 Å². The van der Waals surface area contributed by atoms with Gasteiger partial charge in [-0.05, 0) is 30.4 Å². The second-order valence-electron chi connectivity index (χ2n) is 6.91. The number of fused-ring (bicyclic) bond motifs is 1. The third kappa shape index (κ3) is 2.07. The van der Waals surface area contributed by atoms with Crippen LogP contribution in [0.4, 0.5) is 0 Å². The molecule has 1 fully saturated rings. The van der Waals surface area contributed by atoms with Crippen molar-refractivity contribution in [3.63, 3.8) is 0 Å². The van der Waals surface area contributed by atoms with E-state index in [-0.39, 0.29) is 11.9 Å². The minimum absolute atomic E-state index is 0.197. The Bertz CT molecular complexity index is 665. The molecule has 118 valence electrons. The van der Waals surface area contributed by atoms with Gasteiger partial charge in [0.15, 0.2) is 0 Å². The predicted octanol–water partition coefficient (Wildman–Crippen LogP) is 2.21. The molecule has 1 unspecified atom stereocenters. The second kappa shape index (κ2) is 4.73. The Morgan fingerprint density at radius 1 is 1.27 bits per heavy atom. The van der Waals surface area contributed by atoms with Gasteiger partial charge in [-0.2, -0.15) is 0 Å². The first kappa shape index (κ1) is 14.9. The van der Waals surface area contributed by atoms with Gasteiger partial charge in [-0.25, -0.2) is 0 Å². The zero-order valence-corrected chi connectivity index (χ0v) is 13.3. The van der Waals surface area contributed by atoms with Gasteiger partial charge < -0.3 is 15.2 Å². The van der Waals surface area contributed by atoms with Crippen molar-refractivity contribution in [2.75, 3.05) is 6.61 Å². The summed E-state index contributed by atoms with van der Waals surface area (Å²) in [5.41, 5.74) is 2.73. The fourth-order valence-corrected chi connectivity index (χ4v) is 3.50. The molecule has 3 atom stereocenters. The Morgan fingerprint density at radius 3 is 2.55 bits per heavy atom. The van der Waals surface area contributed by atoms with Crippen molar-refractivity contribution < 1.29 is 19.4 Å². The van der Waals surface area contributed by atoms with Crippen molar-refractivity contribution in [3.8, 4) is 5.75 Å². The highest BCUT2D eigenvalue weighted by atomic mass is 16.5. The number of hydrogen-bond acceptors (Lipinski definition) is 3.